The summed E-state index contributed by atoms with van der Waals surface area (Å²) in [5, 5.41) is 8.31. The molecule has 0 aromatic carbocycles. The molecule has 0 unspecified atom stereocenters. The molecule has 50 valence electrons. The Labute approximate surface area is 71.1 Å². The fourth-order valence-electron chi connectivity index (χ4n) is 0.0745. The molecule has 3 N–H and O–H groups in total. The SMILES string of the molecule is CON(O)OC.O.[U]. The minimum absolute atomic E-state index is 0. The van der Waals surface area contributed by atoms with Crippen molar-refractivity contribution < 1.29 is 51.5 Å². The summed E-state index contributed by atoms with van der Waals surface area (Å²) in [7, 11) is 2.56. The van der Waals surface area contributed by atoms with Crippen LogP contribution in [0.1, 0.15) is 0 Å². The summed E-state index contributed by atoms with van der Waals surface area (Å²) in [5.74, 6) is 0. The van der Waals surface area contributed by atoms with Crippen molar-refractivity contribution >= 4 is 0 Å². The molecule has 0 aromatic heterocycles. The Kier molecular flexibility index (Phi) is 21.4. The minimum Gasteiger partial charge on any atom is -0.412 e. The molecule has 0 bridgehead atoms. The summed E-state index contributed by atoms with van der Waals surface area (Å²) in [6, 6.07) is 0. The zero-order valence-corrected chi connectivity index (χ0v) is 8.87. The summed E-state index contributed by atoms with van der Waals surface area (Å²) in [6.45, 7) is 0. The second-order valence-corrected chi connectivity index (χ2v) is 0.603. The molecule has 0 aromatic rings. The minimum atomic E-state index is 0. The molecule has 0 spiro atoms. The van der Waals surface area contributed by atoms with E-state index in [0.717, 1.165) is 0 Å². The van der Waals surface area contributed by atoms with Crippen LogP contribution < -0.4 is 0 Å². The van der Waals surface area contributed by atoms with Gasteiger partial charge < -0.3 is 5.48 Å². The Morgan fingerprint density at radius 2 is 1.50 bits per heavy atom. The van der Waals surface area contributed by atoms with Crippen molar-refractivity contribution in [3.63, 3.8) is 0 Å². The molecule has 0 radical (unpaired) electrons. The van der Waals surface area contributed by atoms with Gasteiger partial charge in [0.2, 0.25) is 0 Å². The van der Waals surface area contributed by atoms with Crippen molar-refractivity contribution in [2.24, 2.45) is 0 Å². The number of hydrogen-bond acceptors (Lipinski definition) is 4. The van der Waals surface area contributed by atoms with Crippen LogP contribution in [-0.2, 0) is 9.68 Å². The molecule has 0 saturated carbocycles. The van der Waals surface area contributed by atoms with E-state index in [1.54, 1.807) is 0 Å². The Balaban J connectivity index is -0.000000125. The zero-order valence-electron chi connectivity index (χ0n) is 4.71. The summed E-state index contributed by atoms with van der Waals surface area (Å²) in [4.78, 5) is 8.13. The third-order valence-electron chi connectivity index (χ3n) is 0.312. The monoisotopic (exact) mass is 349 g/mol. The van der Waals surface area contributed by atoms with Crippen molar-refractivity contribution in [2.45, 2.75) is 0 Å². The van der Waals surface area contributed by atoms with Crippen LogP contribution in [0, 0.1) is 31.1 Å². The van der Waals surface area contributed by atoms with Crippen molar-refractivity contribution in [1.29, 1.82) is 0 Å². The molecule has 0 amide bonds. The van der Waals surface area contributed by atoms with Crippen LogP contribution in [0.2, 0.25) is 0 Å². The van der Waals surface area contributed by atoms with Crippen molar-refractivity contribution in [3.8, 4) is 0 Å². The molecule has 0 atom stereocenters. The van der Waals surface area contributed by atoms with Gasteiger partial charge >= 0.3 is 0 Å². The maximum atomic E-state index is 8.06. The van der Waals surface area contributed by atoms with Gasteiger partial charge in [-0.25, -0.2) is 0 Å². The van der Waals surface area contributed by atoms with E-state index in [0.29, 0.717) is 0 Å². The van der Waals surface area contributed by atoms with Gasteiger partial charge in [-0.15, -0.1) is 0 Å². The topological polar surface area (TPSA) is 73.4 Å². The van der Waals surface area contributed by atoms with Gasteiger partial charge in [-0.2, -0.15) is 0 Å². The molecule has 8 heavy (non-hydrogen) atoms. The molecular weight excluding hydrogens is 340 g/mol. The predicted molar refractivity (Wildman–Crippen MR) is 21.3 cm³/mol. The molecule has 5 nitrogen and oxygen atoms in total. The molecule has 0 aliphatic rings. The van der Waals surface area contributed by atoms with E-state index in [4.69, 9.17) is 5.21 Å². The molecule has 0 aliphatic heterocycles. The van der Waals surface area contributed by atoms with Crippen LogP contribution in [0.4, 0.5) is 0 Å². The fourth-order valence-corrected chi connectivity index (χ4v) is 0.0745. The molecule has 0 heterocycles. The maximum Gasteiger partial charge on any atom is 0.0734 e. The Hall–Kier alpha value is 0.852. The number of rotatable bonds is 2. The van der Waals surface area contributed by atoms with Crippen LogP contribution in [0.15, 0.2) is 0 Å². The first-order valence-electron chi connectivity index (χ1n) is 1.38. The predicted octanol–water partition coefficient (Wildman–Crippen LogP) is -1.02. The quantitative estimate of drug-likeness (QED) is 0.648. The third kappa shape index (κ3) is 9.97. The zero-order chi connectivity index (χ0) is 4.99. The van der Waals surface area contributed by atoms with E-state index in [9.17, 15) is 0 Å². The van der Waals surface area contributed by atoms with Gasteiger partial charge in [-0.1, -0.05) is 0 Å². The molecule has 0 aliphatic carbocycles. The van der Waals surface area contributed by atoms with Gasteiger partial charge in [-0.05, 0) is 0 Å². The van der Waals surface area contributed by atoms with E-state index in [-0.39, 0.29) is 42.0 Å². The summed E-state index contributed by atoms with van der Waals surface area (Å²) in [6.07, 6.45) is 0. The van der Waals surface area contributed by atoms with Gasteiger partial charge in [0.05, 0.1) is 19.6 Å². The van der Waals surface area contributed by atoms with E-state index in [1.165, 1.54) is 14.2 Å². The van der Waals surface area contributed by atoms with Crippen molar-refractivity contribution in [3.05, 3.63) is 0 Å². The second-order valence-electron chi connectivity index (χ2n) is 0.603. The molecule has 0 rings (SSSR count). The van der Waals surface area contributed by atoms with E-state index >= 15 is 0 Å². The van der Waals surface area contributed by atoms with E-state index in [1.807, 2.05) is 0 Å². The fraction of sp³-hybridized carbons (Fsp3) is 1.00. The van der Waals surface area contributed by atoms with Gasteiger partial charge in [0.25, 0.3) is 0 Å². The third-order valence-corrected chi connectivity index (χ3v) is 0.312. The number of nitrogens with zero attached hydrogens (tertiary/aromatic N) is 1. The largest absolute Gasteiger partial charge is 0.412 e. The first kappa shape index (κ1) is 15.9. The Morgan fingerprint density at radius 3 is 1.50 bits per heavy atom. The van der Waals surface area contributed by atoms with E-state index < -0.39 is 0 Å². The molecule has 0 saturated heterocycles. The first-order chi connectivity index (χ1) is 2.81. The summed E-state index contributed by atoms with van der Waals surface area (Å²) < 4.78 is 0. The summed E-state index contributed by atoms with van der Waals surface area (Å²) >= 11 is 0. The van der Waals surface area contributed by atoms with Crippen LogP contribution in [0.25, 0.3) is 0 Å². The Morgan fingerprint density at radius 1 is 1.25 bits per heavy atom. The smallest absolute Gasteiger partial charge is 0.0734 e. The number of hydrogen-bond donors (Lipinski definition) is 1. The van der Waals surface area contributed by atoms with Crippen LogP contribution in [0.3, 0.4) is 0 Å². The average molecular weight is 349 g/mol. The van der Waals surface area contributed by atoms with Gasteiger partial charge in [0, 0.05) is 31.1 Å². The van der Waals surface area contributed by atoms with Crippen molar-refractivity contribution in [1.82, 2.24) is 5.39 Å². The normalized spacial score (nSPS) is 7.50. The maximum absolute atomic E-state index is 8.06. The van der Waals surface area contributed by atoms with E-state index in [2.05, 4.69) is 9.68 Å². The Bertz CT molecular complexity index is 33.2. The molecular formula is C2H9NO4U. The van der Waals surface area contributed by atoms with Gasteiger partial charge in [0.15, 0.2) is 0 Å². The van der Waals surface area contributed by atoms with Crippen LogP contribution >= 0.6 is 0 Å². The molecule has 0 fully saturated rings. The second kappa shape index (κ2) is 10.8. The average Bonchev–Trinajstić information content (AvgIpc) is 1.65. The van der Waals surface area contributed by atoms with Crippen molar-refractivity contribution in [2.75, 3.05) is 14.2 Å². The summed E-state index contributed by atoms with van der Waals surface area (Å²) in [5.41, 5.74) is 0. The standard InChI is InChI=1S/C2H7NO3.H2O.U/c1-5-3(4)6-2;;/h4H,1-2H3;1H2;. The molecule has 6 heteroatoms. The van der Waals surface area contributed by atoms with Gasteiger partial charge in [0.1, 0.15) is 0 Å². The van der Waals surface area contributed by atoms with Crippen LogP contribution in [-0.4, -0.2) is 30.3 Å². The van der Waals surface area contributed by atoms with Gasteiger partial charge in [-0.3, -0.25) is 14.9 Å². The first-order valence-corrected chi connectivity index (χ1v) is 1.38. The van der Waals surface area contributed by atoms with Crippen LogP contribution in [0.5, 0.6) is 0 Å².